The summed E-state index contributed by atoms with van der Waals surface area (Å²) in [4.78, 5) is 53.1. The van der Waals surface area contributed by atoms with Crippen LogP contribution in [0.2, 0.25) is 0 Å². The molecule has 0 saturated heterocycles. The minimum absolute atomic E-state index is 0.0688. The summed E-state index contributed by atoms with van der Waals surface area (Å²) in [7, 11) is 0. The summed E-state index contributed by atoms with van der Waals surface area (Å²) in [5, 5.41) is 73.5. The predicted molar refractivity (Wildman–Crippen MR) is 288 cm³/mol. The van der Waals surface area contributed by atoms with E-state index in [-0.39, 0.29) is 34.3 Å². The lowest BCUT2D eigenvalue weighted by Crippen LogP contribution is -2.23. The molecule has 18 heteroatoms. The van der Waals surface area contributed by atoms with Crippen molar-refractivity contribution in [2.24, 2.45) is 15.9 Å². The summed E-state index contributed by atoms with van der Waals surface area (Å²) in [5.74, 6) is -2.94. The number of benzene rings is 7. The average molecular weight is 1030 g/mol. The third-order valence-electron chi connectivity index (χ3n) is 12.4. The molecule has 1 aliphatic rings. The summed E-state index contributed by atoms with van der Waals surface area (Å²) >= 11 is 0. The Kier molecular flexibility index (Phi) is 15.7. The molecule has 0 radical (unpaired) electrons. The quantitative estimate of drug-likeness (QED) is 0.0964. The van der Waals surface area contributed by atoms with E-state index < -0.39 is 23.9 Å². The predicted octanol–water partition coefficient (Wildman–Crippen LogP) is 8.62. The Hall–Kier alpha value is -10.9. The van der Waals surface area contributed by atoms with E-state index in [4.69, 9.17) is 10.2 Å². The third-order valence-corrected chi connectivity index (χ3v) is 12.4. The Labute approximate surface area is 445 Å². The molecule has 0 bridgehead atoms. The molecule has 0 saturated carbocycles. The molecule has 18 nitrogen and oxygen atoms in total. The number of aromatic nitrogens is 8. The van der Waals surface area contributed by atoms with Crippen molar-refractivity contribution in [3.05, 3.63) is 215 Å². The van der Waals surface area contributed by atoms with Crippen LogP contribution in [0.1, 0.15) is 54.2 Å². The normalized spacial score (nSPS) is 12.9. The van der Waals surface area contributed by atoms with Crippen LogP contribution in [0.5, 0.6) is 0 Å². The Bertz CT molecular complexity index is 3730. The van der Waals surface area contributed by atoms with E-state index >= 15 is 0 Å². The topological polar surface area (TPSA) is 283 Å². The van der Waals surface area contributed by atoms with Crippen LogP contribution in [0.4, 0.5) is 11.4 Å². The van der Waals surface area contributed by atoms with Gasteiger partial charge in [0, 0.05) is 46.2 Å². The van der Waals surface area contributed by atoms with Crippen LogP contribution in [0.25, 0.3) is 67.8 Å². The standard InChI is InChI=1S/C42H30N6O4.C18H14N4O4/c49-41(50)35-5-1-27(2-6-35)25-43-37-21-17-31(18-22-37)29-9-13-33(14-10-29)39-45-47-40(48-46-39)34-15-11-30(12-16-34)32-19-23-38(24-20-32)44-26-28-3-7-36(8-4-28)42(51)52;1-9-7-11(3-5-13(9)17(23)24)15-19-21-16(22-20-15)12-4-6-14(18(25)26)10(2)8-12/h1-3,5-26,28H,4H2,(H,49,50)(H,51,52);3-8H,1-2H3,(H,23,24)(H,25,26)/p-2. The van der Waals surface area contributed by atoms with Crippen LogP contribution in [0.3, 0.4) is 0 Å². The lowest BCUT2D eigenvalue weighted by Gasteiger charge is -2.09. The molecular formula is C60H42N10O8-2. The van der Waals surface area contributed by atoms with Crippen LogP contribution in [-0.2, 0) is 4.79 Å². The largest absolute Gasteiger partial charge is 0.545 e. The number of hydrogen-bond acceptors (Lipinski definition) is 16. The van der Waals surface area contributed by atoms with Crippen molar-refractivity contribution in [1.29, 1.82) is 0 Å². The van der Waals surface area contributed by atoms with Gasteiger partial charge in [-0.05, 0) is 107 Å². The lowest BCUT2D eigenvalue weighted by molar-refractivity contribution is -0.256. The highest BCUT2D eigenvalue weighted by molar-refractivity contribution is 5.92. The Morgan fingerprint density at radius 1 is 0.474 bits per heavy atom. The van der Waals surface area contributed by atoms with E-state index in [1.54, 1.807) is 68.6 Å². The lowest BCUT2D eigenvalue weighted by atomic mass is 9.98. The van der Waals surface area contributed by atoms with Crippen LogP contribution < -0.4 is 10.2 Å². The number of aromatic carboxylic acids is 3. The number of carbonyl (C=O) groups is 4. The van der Waals surface area contributed by atoms with Gasteiger partial charge >= 0.3 is 11.9 Å². The van der Waals surface area contributed by atoms with Gasteiger partial charge in [-0.15, -0.1) is 40.8 Å². The van der Waals surface area contributed by atoms with Crippen molar-refractivity contribution < 1.29 is 39.6 Å². The molecule has 1 atom stereocenters. The molecule has 1 unspecified atom stereocenters. The number of carboxylic acid groups (broad SMARTS) is 4. The van der Waals surface area contributed by atoms with Crippen molar-refractivity contribution in [1.82, 2.24) is 40.8 Å². The highest BCUT2D eigenvalue weighted by Crippen LogP contribution is 2.28. The average Bonchev–Trinajstić information content (AvgIpc) is 3.47. The van der Waals surface area contributed by atoms with E-state index in [0.29, 0.717) is 45.9 Å². The fourth-order valence-corrected chi connectivity index (χ4v) is 8.04. The Morgan fingerprint density at radius 3 is 1.26 bits per heavy atom. The zero-order valence-corrected chi connectivity index (χ0v) is 41.5. The van der Waals surface area contributed by atoms with E-state index in [1.807, 2.05) is 109 Å². The smallest absolute Gasteiger partial charge is 0.335 e. The molecule has 2 aromatic heterocycles. The van der Waals surface area contributed by atoms with Crippen molar-refractivity contribution in [2.45, 2.75) is 20.3 Å². The number of carbonyl (C=O) groups excluding carboxylic acids is 2. The number of allylic oxidation sites excluding steroid dienone is 2. The number of carboxylic acids is 4. The van der Waals surface area contributed by atoms with E-state index in [0.717, 1.165) is 50.3 Å². The Morgan fingerprint density at radius 2 is 0.872 bits per heavy atom. The van der Waals surface area contributed by atoms with Crippen LogP contribution in [-0.4, -0.2) is 87.3 Å². The number of nitrogens with zero attached hydrogens (tertiary/aromatic N) is 10. The maximum absolute atomic E-state index is 11.1. The minimum atomic E-state index is -1.25. The fraction of sp³-hybridized carbons (Fsp3) is 0.0667. The van der Waals surface area contributed by atoms with Gasteiger partial charge in [-0.3, -0.25) is 9.98 Å². The first-order valence-electron chi connectivity index (χ1n) is 24.0. The van der Waals surface area contributed by atoms with Gasteiger partial charge in [0.2, 0.25) is 23.3 Å². The number of hydrogen-bond donors (Lipinski definition) is 2. The van der Waals surface area contributed by atoms with Crippen LogP contribution in [0.15, 0.2) is 192 Å². The van der Waals surface area contributed by atoms with Crippen LogP contribution >= 0.6 is 0 Å². The summed E-state index contributed by atoms with van der Waals surface area (Å²) in [6.07, 6.45) is 9.33. The molecule has 0 fully saturated rings. The molecule has 2 N–H and O–H groups in total. The summed E-state index contributed by atoms with van der Waals surface area (Å²) < 4.78 is 0. The third kappa shape index (κ3) is 12.7. The molecule has 10 rings (SSSR count). The Balaban J connectivity index is 0.000000238. The van der Waals surface area contributed by atoms with Crippen LogP contribution in [0, 0.1) is 19.8 Å². The highest BCUT2D eigenvalue weighted by atomic mass is 16.4. The first kappa shape index (κ1) is 52.0. The van der Waals surface area contributed by atoms with E-state index in [9.17, 15) is 29.4 Å². The second kappa shape index (κ2) is 23.5. The molecule has 2 heterocycles. The van der Waals surface area contributed by atoms with Crippen molar-refractivity contribution in [3.63, 3.8) is 0 Å². The molecule has 0 spiro atoms. The van der Waals surface area contributed by atoms with Gasteiger partial charge in [-0.1, -0.05) is 133 Å². The molecular weight excluding hydrogens is 989 g/mol. The van der Waals surface area contributed by atoms with E-state index in [2.05, 4.69) is 50.8 Å². The van der Waals surface area contributed by atoms with Gasteiger partial charge in [0.15, 0.2) is 0 Å². The van der Waals surface area contributed by atoms with Crippen molar-refractivity contribution in [2.75, 3.05) is 0 Å². The first-order chi connectivity index (χ1) is 37.7. The molecule has 382 valence electrons. The van der Waals surface area contributed by atoms with Gasteiger partial charge in [0.1, 0.15) is 0 Å². The second-order valence-electron chi connectivity index (χ2n) is 17.7. The number of rotatable bonds is 14. The van der Waals surface area contributed by atoms with Gasteiger partial charge in [0.05, 0.1) is 34.4 Å². The second-order valence-corrected chi connectivity index (χ2v) is 17.7. The summed E-state index contributed by atoms with van der Waals surface area (Å²) in [6.45, 7) is 3.33. The van der Waals surface area contributed by atoms with Crippen molar-refractivity contribution in [3.8, 4) is 67.8 Å². The highest BCUT2D eigenvalue weighted by Gasteiger charge is 2.14. The zero-order valence-electron chi connectivity index (χ0n) is 41.5. The number of aliphatic carboxylic acids is 1. The van der Waals surface area contributed by atoms with E-state index in [1.165, 1.54) is 24.3 Å². The maximum atomic E-state index is 11.1. The van der Waals surface area contributed by atoms with Gasteiger partial charge in [-0.2, -0.15) is 0 Å². The van der Waals surface area contributed by atoms with Gasteiger partial charge < -0.3 is 30.0 Å². The molecule has 0 amide bonds. The number of aliphatic imine (C=N–C) groups is 2. The maximum Gasteiger partial charge on any atom is 0.335 e. The number of aryl methyl sites for hydroxylation is 2. The molecule has 1 aliphatic carbocycles. The van der Waals surface area contributed by atoms with Gasteiger partial charge in [-0.25, -0.2) is 9.59 Å². The zero-order chi connectivity index (χ0) is 54.7. The fourth-order valence-electron chi connectivity index (χ4n) is 8.04. The molecule has 0 aliphatic heterocycles. The molecule has 78 heavy (non-hydrogen) atoms. The SMILES string of the molecule is Cc1cc(-c2nnc(-c3ccc(C(=O)O)c(C)c3)nn2)ccc1C(=O)[O-].O=C(O)C1=CCC(C=Nc2ccc(-c3ccc(-c4nnc(-c5ccc(-c6ccc(N=Cc7ccc(C(=O)[O-])cc7)cc6)cc5)nn4)cc3)cc2)C=C1. The van der Waals surface area contributed by atoms with Gasteiger partial charge in [0.25, 0.3) is 0 Å². The summed E-state index contributed by atoms with van der Waals surface area (Å²) in [6, 6.07) is 47.1. The molecule has 9 aromatic rings. The first-order valence-corrected chi connectivity index (χ1v) is 24.0. The summed E-state index contributed by atoms with van der Waals surface area (Å²) in [5.41, 5.74) is 11.1. The van der Waals surface area contributed by atoms with Crippen molar-refractivity contribution >= 4 is 47.7 Å². The monoisotopic (exact) mass is 1030 g/mol. The minimum Gasteiger partial charge on any atom is -0.545 e. The molecule has 7 aromatic carbocycles.